The van der Waals surface area contributed by atoms with Gasteiger partial charge in [0.05, 0.1) is 5.69 Å². The molecule has 0 bridgehead atoms. The van der Waals surface area contributed by atoms with Crippen LogP contribution in [0.15, 0.2) is 14.0 Å². The largest absolute Gasteiger partial charge is 0.311 e. The van der Waals surface area contributed by atoms with E-state index in [-0.39, 0.29) is 5.56 Å². The van der Waals surface area contributed by atoms with E-state index in [2.05, 4.69) is 36.8 Å². The van der Waals surface area contributed by atoms with Gasteiger partial charge in [-0.15, -0.1) is 0 Å². The highest BCUT2D eigenvalue weighted by Crippen LogP contribution is 2.12. The Hall–Kier alpha value is -0.160. The Bertz CT molecular complexity index is 345. The third kappa shape index (κ3) is 1.54. The lowest BCUT2D eigenvalue weighted by molar-refractivity contribution is 0.780. The van der Waals surface area contributed by atoms with Gasteiger partial charge in [0.15, 0.2) is 4.60 Å². The van der Waals surface area contributed by atoms with E-state index in [0.717, 1.165) is 5.69 Å². The molecule has 11 heavy (non-hydrogen) atoms. The average Bonchev–Trinajstić information content (AvgIpc) is 1.97. The second-order valence-electron chi connectivity index (χ2n) is 2.14. The molecule has 1 aromatic heterocycles. The molecule has 0 saturated heterocycles. The minimum atomic E-state index is -0.120. The lowest BCUT2D eigenvalue weighted by Crippen LogP contribution is -2.21. The van der Waals surface area contributed by atoms with Gasteiger partial charge < -0.3 is 4.57 Å². The summed E-state index contributed by atoms with van der Waals surface area (Å²) in [6.07, 6.45) is 0. The summed E-state index contributed by atoms with van der Waals surface area (Å²) in [5, 5.41) is 0. The molecule has 3 nitrogen and oxygen atoms in total. The van der Waals surface area contributed by atoms with Crippen LogP contribution in [0.2, 0.25) is 0 Å². The molecule has 0 saturated carbocycles. The fourth-order valence-corrected chi connectivity index (χ4v) is 1.77. The molecule has 5 heteroatoms. The quantitative estimate of drug-likeness (QED) is 0.724. The molecule has 0 aromatic carbocycles. The summed E-state index contributed by atoms with van der Waals surface area (Å²) < 4.78 is 2.55. The highest BCUT2D eigenvalue weighted by atomic mass is 79.9. The van der Waals surface area contributed by atoms with E-state index in [0.29, 0.717) is 9.21 Å². The van der Waals surface area contributed by atoms with Crippen molar-refractivity contribution in [2.24, 2.45) is 7.05 Å². The molecule has 0 aliphatic heterocycles. The molecular weight excluding hydrogens is 276 g/mol. The Labute approximate surface area is 80.7 Å². The summed E-state index contributed by atoms with van der Waals surface area (Å²) >= 11 is 6.29. The second kappa shape index (κ2) is 3.06. The summed E-state index contributed by atoms with van der Waals surface area (Å²) in [5.41, 5.74) is 0.698. The van der Waals surface area contributed by atoms with Crippen molar-refractivity contribution in [2.45, 2.75) is 6.92 Å². The molecule has 1 heterocycles. The van der Waals surface area contributed by atoms with Gasteiger partial charge in [-0.05, 0) is 38.8 Å². The van der Waals surface area contributed by atoms with Crippen LogP contribution in [0.25, 0.3) is 0 Å². The van der Waals surface area contributed by atoms with Crippen molar-refractivity contribution < 1.29 is 0 Å². The van der Waals surface area contributed by atoms with Crippen LogP contribution in [0.1, 0.15) is 5.69 Å². The Morgan fingerprint density at radius 1 is 1.36 bits per heavy atom. The monoisotopic (exact) mass is 280 g/mol. The zero-order chi connectivity index (χ0) is 8.59. The third-order valence-corrected chi connectivity index (χ3v) is 2.75. The first-order valence-corrected chi connectivity index (χ1v) is 4.51. The Morgan fingerprint density at radius 3 is 2.45 bits per heavy atom. The molecule has 0 fully saturated rings. The molecule has 0 spiro atoms. The topological polar surface area (TPSA) is 34.9 Å². The van der Waals surface area contributed by atoms with Crippen LogP contribution in [0, 0.1) is 6.92 Å². The zero-order valence-electron chi connectivity index (χ0n) is 6.06. The molecule has 0 aliphatic rings. The number of halogens is 2. The van der Waals surface area contributed by atoms with Crippen molar-refractivity contribution in [1.29, 1.82) is 0 Å². The first-order chi connectivity index (χ1) is 5.04. The fourth-order valence-electron chi connectivity index (χ4n) is 0.644. The summed E-state index contributed by atoms with van der Waals surface area (Å²) in [6, 6.07) is 0. The second-order valence-corrected chi connectivity index (χ2v) is 3.65. The molecule has 60 valence electrons. The fraction of sp³-hybridized carbons (Fsp3) is 0.333. The number of hydrogen-bond donors (Lipinski definition) is 0. The van der Waals surface area contributed by atoms with Crippen LogP contribution in [0.3, 0.4) is 0 Å². The van der Waals surface area contributed by atoms with Gasteiger partial charge in [-0.1, -0.05) is 0 Å². The number of nitrogens with zero attached hydrogens (tertiary/aromatic N) is 2. The van der Waals surface area contributed by atoms with E-state index < -0.39 is 0 Å². The standard InChI is InChI=1S/C6H6Br2N2O/c1-3-4(7)9-5(8)6(11)10(3)2/h1-2H3. The highest BCUT2D eigenvalue weighted by Gasteiger charge is 2.05. The molecule has 0 atom stereocenters. The molecule has 0 radical (unpaired) electrons. The van der Waals surface area contributed by atoms with E-state index in [4.69, 9.17) is 0 Å². The van der Waals surface area contributed by atoms with Gasteiger partial charge in [-0.25, -0.2) is 4.98 Å². The maximum absolute atomic E-state index is 11.2. The first-order valence-electron chi connectivity index (χ1n) is 2.92. The molecule has 1 rings (SSSR count). The zero-order valence-corrected chi connectivity index (χ0v) is 9.23. The summed E-state index contributed by atoms with van der Waals surface area (Å²) in [4.78, 5) is 15.1. The van der Waals surface area contributed by atoms with Crippen molar-refractivity contribution in [1.82, 2.24) is 9.55 Å². The summed E-state index contributed by atoms with van der Waals surface area (Å²) in [7, 11) is 1.70. The lowest BCUT2D eigenvalue weighted by atomic mass is 10.5. The normalized spacial score (nSPS) is 10.2. The van der Waals surface area contributed by atoms with Gasteiger partial charge in [0, 0.05) is 7.05 Å². The Kier molecular flexibility index (Phi) is 2.49. The van der Waals surface area contributed by atoms with Crippen molar-refractivity contribution in [3.8, 4) is 0 Å². The summed E-state index contributed by atoms with van der Waals surface area (Å²) in [6.45, 7) is 1.82. The highest BCUT2D eigenvalue weighted by molar-refractivity contribution is 9.11. The lowest BCUT2D eigenvalue weighted by Gasteiger charge is -2.04. The maximum Gasteiger partial charge on any atom is 0.283 e. The van der Waals surface area contributed by atoms with Crippen LogP contribution in [0.4, 0.5) is 0 Å². The van der Waals surface area contributed by atoms with Crippen molar-refractivity contribution in [2.75, 3.05) is 0 Å². The molecule has 0 amide bonds. The third-order valence-electron chi connectivity index (χ3n) is 1.48. The van der Waals surface area contributed by atoms with Gasteiger partial charge in [0.1, 0.15) is 4.60 Å². The van der Waals surface area contributed by atoms with Crippen LogP contribution >= 0.6 is 31.9 Å². The first kappa shape index (κ1) is 8.93. The van der Waals surface area contributed by atoms with E-state index in [1.165, 1.54) is 4.57 Å². The predicted molar refractivity (Wildman–Crippen MR) is 49.6 cm³/mol. The molecule has 0 N–H and O–H groups in total. The predicted octanol–water partition coefficient (Wildman–Crippen LogP) is 1.61. The van der Waals surface area contributed by atoms with E-state index >= 15 is 0 Å². The summed E-state index contributed by atoms with van der Waals surface area (Å²) in [5.74, 6) is 0. The van der Waals surface area contributed by atoms with Gasteiger partial charge in [0.2, 0.25) is 0 Å². The maximum atomic E-state index is 11.2. The minimum absolute atomic E-state index is 0.120. The molecule has 1 aromatic rings. The van der Waals surface area contributed by atoms with E-state index in [9.17, 15) is 4.79 Å². The Morgan fingerprint density at radius 2 is 1.91 bits per heavy atom. The van der Waals surface area contributed by atoms with Crippen LogP contribution < -0.4 is 5.56 Å². The molecule has 0 aliphatic carbocycles. The van der Waals surface area contributed by atoms with Crippen LogP contribution in [0.5, 0.6) is 0 Å². The smallest absolute Gasteiger partial charge is 0.283 e. The Balaban J connectivity index is 3.59. The van der Waals surface area contributed by atoms with Gasteiger partial charge >= 0.3 is 0 Å². The molecule has 0 unspecified atom stereocenters. The van der Waals surface area contributed by atoms with Crippen LogP contribution in [-0.4, -0.2) is 9.55 Å². The minimum Gasteiger partial charge on any atom is -0.311 e. The van der Waals surface area contributed by atoms with Crippen LogP contribution in [-0.2, 0) is 7.05 Å². The van der Waals surface area contributed by atoms with Gasteiger partial charge in [0.25, 0.3) is 5.56 Å². The van der Waals surface area contributed by atoms with Crippen molar-refractivity contribution in [3.05, 3.63) is 25.3 Å². The average molecular weight is 282 g/mol. The van der Waals surface area contributed by atoms with Gasteiger partial charge in [-0.3, -0.25) is 4.79 Å². The number of rotatable bonds is 0. The van der Waals surface area contributed by atoms with E-state index in [1.807, 2.05) is 6.92 Å². The van der Waals surface area contributed by atoms with Crippen molar-refractivity contribution in [3.63, 3.8) is 0 Å². The van der Waals surface area contributed by atoms with Crippen molar-refractivity contribution >= 4 is 31.9 Å². The van der Waals surface area contributed by atoms with E-state index in [1.54, 1.807) is 7.05 Å². The van der Waals surface area contributed by atoms with Gasteiger partial charge in [-0.2, -0.15) is 0 Å². The number of hydrogen-bond acceptors (Lipinski definition) is 2. The SMILES string of the molecule is Cc1c(Br)nc(Br)c(=O)n1C. The number of aromatic nitrogens is 2. The molecular formula is C6H6Br2N2O.